The highest BCUT2D eigenvalue weighted by atomic mass is 16.5. The Morgan fingerprint density at radius 3 is 1.81 bits per heavy atom. The van der Waals surface area contributed by atoms with Crippen molar-refractivity contribution in [3.05, 3.63) is 38.9 Å². The number of hydroxylamine groups is 2. The molecule has 1 aromatic rings. The number of aliphatic carboxylic acids is 2. The van der Waals surface area contributed by atoms with Crippen LogP contribution in [-0.2, 0) is 73.6 Å². The number of aliphatic hydroxyl groups is 5. The Labute approximate surface area is 551 Å². The number of pyridine rings is 1. The van der Waals surface area contributed by atoms with E-state index in [1.807, 2.05) is 16.0 Å². The average molecular weight is 1390 g/mol. The highest BCUT2D eigenvalue weighted by Gasteiger charge is 2.39. The van der Waals surface area contributed by atoms with Crippen molar-refractivity contribution in [3.63, 3.8) is 0 Å². The predicted octanol–water partition coefficient (Wildman–Crippen LogP) is -13.3. The predicted molar refractivity (Wildman–Crippen MR) is 320 cm³/mol. The van der Waals surface area contributed by atoms with E-state index >= 15 is 0 Å². The first-order valence-electron chi connectivity index (χ1n) is 30.2. The fourth-order valence-corrected chi connectivity index (χ4v) is 10.1. The van der Waals surface area contributed by atoms with Gasteiger partial charge in [0, 0.05) is 57.8 Å². The number of cyclic esters (lactones) is 1. The lowest BCUT2D eigenvalue weighted by Gasteiger charge is -2.31. The molecule has 11 unspecified atom stereocenters. The summed E-state index contributed by atoms with van der Waals surface area (Å²) < 4.78 is 7.39. The van der Waals surface area contributed by atoms with Crippen LogP contribution in [0.15, 0.2) is 32.8 Å². The molecular weight excluding hydrogens is 1320 g/mol. The number of carbonyl (C=O) groups excluding carboxylic acids is 12. The SMILES string of the molecule is CC(=O)N(O)CCCC(NC(=O)C(CCO)NC(=O)C(CCC[NH2+]C([NH3+])=O)NC(=O)C(CO)NC(=O)C(N=C([O-])CNC(=O)C(CCO)NC(=O)C(CO)NC(=O)C(CC(=O)O)NC(=O)C1CCn2c(=O)[nH]c3cc4cc(O)c(=O)cc-4n1c32)C(O)C(=O)O)C(=O)NC1CCOC1=O. The summed E-state index contributed by atoms with van der Waals surface area (Å²) in [6.07, 6.45) is -6.18. The maximum Gasteiger partial charge on any atom is 0.505 e. The average Bonchev–Trinajstić information content (AvgIpc) is 1.50. The van der Waals surface area contributed by atoms with Gasteiger partial charge in [-0.3, -0.25) is 72.3 Å². The number of hydrogen-bond acceptors (Lipinski definition) is 26. The summed E-state index contributed by atoms with van der Waals surface area (Å²) in [4.78, 5) is 214. The number of nitrogens with two attached hydrogens (primary N) is 1. The number of aromatic amines is 1. The van der Waals surface area contributed by atoms with Gasteiger partial charge in [-0.2, -0.15) is 4.79 Å². The van der Waals surface area contributed by atoms with Gasteiger partial charge in [-0.1, -0.05) is 0 Å². The van der Waals surface area contributed by atoms with Crippen LogP contribution in [-0.4, -0.2) is 267 Å². The smallest absolute Gasteiger partial charge is 0.505 e. The second-order valence-corrected chi connectivity index (χ2v) is 22.3. The Bertz CT molecular complexity index is 3610. The molecule has 1 fully saturated rings. The number of primary amides is 1. The first kappa shape index (κ1) is 78.1. The number of aryl methyl sites for hydroxylation is 1. The Morgan fingerprint density at radius 2 is 1.27 bits per heavy atom. The number of carbonyl (C=O) groups is 14. The lowest BCUT2D eigenvalue weighted by Crippen LogP contribution is -2.99. The van der Waals surface area contributed by atoms with Crippen LogP contribution >= 0.6 is 0 Å². The molecule has 0 aromatic carbocycles. The van der Waals surface area contributed by atoms with Crippen LogP contribution in [0.2, 0.25) is 0 Å². The van der Waals surface area contributed by atoms with Crippen LogP contribution in [0.5, 0.6) is 5.75 Å². The molecule has 43 heteroatoms. The van der Waals surface area contributed by atoms with Crippen LogP contribution in [0.25, 0.3) is 22.4 Å². The van der Waals surface area contributed by atoms with Crippen LogP contribution in [0.3, 0.4) is 0 Å². The van der Waals surface area contributed by atoms with Gasteiger partial charge in [-0.25, -0.2) is 30.5 Å². The molecule has 1 saturated heterocycles. The largest absolute Gasteiger partial charge is 0.861 e. The first-order chi connectivity index (χ1) is 46.3. The fraction of sp³-hybridized carbons (Fsp3) is 0.545. The zero-order valence-corrected chi connectivity index (χ0v) is 52.3. The number of aliphatic hydroxyl groups excluding tert-OH is 5. The van der Waals surface area contributed by atoms with Gasteiger partial charge in [0.05, 0.1) is 44.0 Å². The lowest BCUT2D eigenvalue weighted by atomic mass is 10.0. The monoisotopic (exact) mass is 1390 g/mol. The van der Waals surface area contributed by atoms with E-state index in [1.165, 1.54) is 15.2 Å². The summed E-state index contributed by atoms with van der Waals surface area (Å²) in [5.74, 6) is -19.2. The summed E-state index contributed by atoms with van der Waals surface area (Å²) in [6.45, 7) is -5.00. The second kappa shape index (κ2) is 36.5. The van der Waals surface area contributed by atoms with Gasteiger partial charge in [0.2, 0.25) is 64.5 Å². The summed E-state index contributed by atoms with van der Waals surface area (Å²) in [7, 11) is 0. The summed E-state index contributed by atoms with van der Waals surface area (Å²) in [5.41, 5.74) is 2.30. The number of nitrogens with one attached hydrogen (secondary N) is 10. The van der Waals surface area contributed by atoms with Crippen molar-refractivity contribution in [2.24, 2.45) is 4.99 Å². The van der Waals surface area contributed by atoms with E-state index in [0.29, 0.717) is 5.06 Å². The van der Waals surface area contributed by atoms with Gasteiger partial charge in [-0.15, -0.1) is 0 Å². The quantitative estimate of drug-likeness (QED) is 0.00632. The van der Waals surface area contributed by atoms with Crippen molar-refractivity contribution in [1.82, 2.24) is 67.0 Å². The van der Waals surface area contributed by atoms with E-state index in [9.17, 15) is 128 Å². The fourth-order valence-electron chi connectivity index (χ4n) is 10.1. The summed E-state index contributed by atoms with van der Waals surface area (Å²) >= 11 is 0. The molecule has 11 atom stereocenters. The Kier molecular flexibility index (Phi) is 29.1. The highest BCUT2D eigenvalue weighted by molar-refractivity contribution is 6.00. The topological polar surface area (TPSA) is 681 Å². The molecule has 0 spiro atoms. The number of rotatable bonds is 38. The highest BCUT2D eigenvalue weighted by Crippen LogP contribution is 2.35. The van der Waals surface area contributed by atoms with Gasteiger partial charge in [0.25, 0.3) is 0 Å². The number of phenolic OH excluding ortho intramolecular Hbond substituents is 1. The third-order valence-electron chi connectivity index (χ3n) is 15.2. The number of aromatic hydroxyl groups is 1. The summed E-state index contributed by atoms with van der Waals surface area (Å²) in [5, 5.41) is 124. The number of quaternary nitrogens is 2. The Morgan fingerprint density at radius 1 is 0.724 bits per heavy atom. The normalized spacial score (nSPS) is 17.0. The molecule has 1 aliphatic carbocycles. The molecule has 1 aromatic heterocycles. The first-order valence-corrected chi connectivity index (χ1v) is 30.2. The van der Waals surface area contributed by atoms with Gasteiger partial charge in [0.15, 0.2) is 17.9 Å². The van der Waals surface area contributed by atoms with Crippen LogP contribution < -0.4 is 75.1 Å². The van der Waals surface area contributed by atoms with Gasteiger partial charge in [-0.05, 0) is 63.0 Å². The van der Waals surface area contributed by atoms with Gasteiger partial charge in [0.1, 0.15) is 60.0 Å². The number of ether oxygens (including phenoxy) is 1. The number of imidazole rings is 1. The van der Waals surface area contributed by atoms with Gasteiger partial charge >= 0.3 is 29.6 Å². The number of aliphatic imine (C=N–C) groups is 1. The molecule has 538 valence electrons. The number of H-pyrrole nitrogens is 1. The van der Waals surface area contributed by atoms with Gasteiger partial charge < -0.3 is 108 Å². The minimum Gasteiger partial charge on any atom is -0.861 e. The van der Waals surface area contributed by atoms with Crippen molar-refractivity contribution in [3.8, 4) is 17.0 Å². The van der Waals surface area contributed by atoms with E-state index in [4.69, 9.17) is 4.74 Å². The third-order valence-corrected chi connectivity index (χ3v) is 15.2. The summed E-state index contributed by atoms with van der Waals surface area (Å²) in [6, 6.07) is -15.3. The number of carboxylic acids is 2. The number of carboxylic acid groups (broad SMARTS) is 2. The number of amides is 12. The number of benzene rings is 1. The molecular formula is C55H77N16O27+. The third kappa shape index (κ3) is 21.5. The number of urea groups is 1. The maximum atomic E-state index is 14.0. The Balaban J connectivity index is 1.25. The second-order valence-electron chi connectivity index (χ2n) is 22.3. The molecule has 0 saturated carbocycles. The van der Waals surface area contributed by atoms with E-state index in [2.05, 4.69) is 47.6 Å². The van der Waals surface area contributed by atoms with Crippen LogP contribution in [0.1, 0.15) is 70.8 Å². The molecule has 24 N–H and O–H groups in total. The van der Waals surface area contributed by atoms with Crippen molar-refractivity contribution >= 4 is 100 Å². The molecule has 12 amide bonds. The number of aromatic nitrogens is 3. The standard InChI is InChI=1S/C55H76N16O27/c1-23(76)70(97)11-3-5-26(44(85)63-29-9-15-98-53(29)94)59-45(86)28(8-14-73)62-43(84)25(4-2-10-57-54(56)95)60-48(89)33(22-75)66-50(91)40(41(82)52(92)93)68-38(79)20-58-42(83)27(7-13-72)61-47(88)32(21-74)65-46(87)30(18-39(80)81)64-49(90)34-6-12-69-51-31(67-55(69)96)16-24-17-36(77)37(78)19-35(24)71(34)51/h16-17,19,25-30,32-34,40-41,72-75,77,82,97H,2-15,18,20-22H2,1H3,(H,58,83)(H,59,86)(H,60,89)(H,61,88)(H,62,84)(H,63,85)(H,64,90)(H,65,87)(H,66,91)(H,67,96)(H,68,79)(H,80,81)(H,92,93)(H3,56,57,95)/p+1. The van der Waals surface area contributed by atoms with E-state index in [1.54, 1.807) is 0 Å². The van der Waals surface area contributed by atoms with E-state index < -0.39 is 225 Å². The number of phenols is 1. The molecule has 98 heavy (non-hydrogen) atoms. The number of nitrogens with zero attached hydrogens (tertiary/aromatic N) is 4. The molecule has 4 heterocycles. The van der Waals surface area contributed by atoms with E-state index in [-0.39, 0.29) is 87.2 Å². The number of esters is 1. The lowest BCUT2D eigenvalue weighted by molar-refractivity contribution is -0.616. The maximum absolute atomic E-state index is 14.0. The molecule has 3 aliphatic heterocycles. The molecule has 0 bridgehead atoms. The minimum atomic E-state index is -2.91. The van der Waals surface area contributed by atoms with Crippen molar-refractivity contribution in [1.29, 1.82) is 0 Å². The number of hydrogen-bond donors (Lipinski definition) is 21. The molecule has 4 aliphatic rings. The Hall–Kier alpha value is -10.6. The minimum absolute atomic E-state index is 0.0262. The number of fused-ring (bicyclic) bond motifs is 2. The van der Waals surface area contributed by atoms with Crippen molar-refractivity contribution in [2.45, 2.75) is 138 Å². The molecule has 0 radical (unpaired) electrons. The van der Waals surface area contributed by atoms with Crippen LogP contribution in [0.4, 0.5) is 4.79 Å². The molecule has 43 nitrogen and oxygen atoms in total. The molecule has 5 rings (SSSR count). The zero-order chi connectivity index (χ0) is 72.8. The van der Waals surface area contributed by atoms with Crippen molar-refractivity contribution in [2.75, 3.05) is 52.7 Å². The van der Waals surface area contributed by atoms with Crippen LogP contribution in [0, 0.1) is 0 Å². The zero-order valence-electron chi connectivity index (χ0n) is 52.3. The van der Waals surface area contributed by atoms with E-state index in [0.717, 1.165) is 24.4 Å². The van der Waals surface area contributed by atoms with Crippen molar-refractivity contribution < 1.29 is 134 Å².